The Kier molecular flexibility index (Phi) is 4.57. The standard InChI is InChI=1S/C14H21N/c1-5-15-13(4)6-7-14-9-11(2)8-12(3)10-14/h6-10,13,15H,5H2,1-4H3/b7-6+. The van der Waals surface area contributed by atoms with Crippen molar-refractivity contribution in [3.63, 3.8) is 0 Å². The maximum Gasteiger partial charge on any atom is 0.0224 e. The number of hydrogen-bond acceptors (Lipinski definition) is 1. The quantitative estimate of drug-likeness (QED) is 0.791. The number of rotatable bonds is 4. The zero-order chi connectivity index (χ0) is 11.3. The van der Waals surface area contributed by atoms with Crippen molar-refractivity contribution in [2.24, 2.45) is 0 Å². The van der Waals surface area contributed by atoms with Crippen LogP contribution in [0.4, 0.5) is 0 Å². The van der Waals surface area contributed by atoms with Crippen LogP contribution in [0.25, 0.3) is 6.08 Å². The van der Waals surface area contributed by atoms with Crippen LogP contribution in [0.5, 0.6) is 0 Å². The lowest BCUT2D eigenvalue weighted by Gasteiger charge is -2.06. The Hall–Kier alpha value is -1.08. The van der Waals surface area contributed by atoms with Crippen LogP contribution in [0.2, 0.25) is 0 Å². The summed E-state index contributed by atoms with van der Waals surface area (Å²) in [7, 11) is 0. The predicted octanol–water partition coefficient (Wildman–Crippen LogP) is 3.31. The van der Waals surface area contributed by atoms with E-state index in [1.54, 1.807) is 0 Å². The molecule has 0 aromatic heterocycles. The van der Waals surface area contributed by atoms with Gasteiger partial charge in [-0.1, -0.05) is 48.4 Å². The van der Waals surface area contributed by atoms with E-state index >= 15 is 0 Å². The first-order valence-corrected chi connectivity index (χ1v) is 5.61. The van der Waals surface area contributed by atoms with Crippen LogP contribution in [0.1, 0.15) is 30.5 Å². The van der Waals surface area contributed by atoms with Gasteiger partial charge in [0, 0.05) is 6.04 Å². The molecule has 1 aromatic rings. The largest absolute Gasteiger partial charge is 0.311 e. The zero-order valence-corrected chi connectivity index (χ0v) is 10.2. The Balaban J connectivity index is 2.71. The van der Waals surface area contributed by atoms with Crippen molar-refractivity contribution in [2.75, 3.05) is 6.54 Å². The first-order chi connectivity index (χ1) is 7.11. The summed E-state index contributed by atoms with van der Waals surface area (Å²) in [5, 5.41) is 3.36. The second-order valence-corrected chi connectivity index (χ2v) is 4.13. The van der Waals surface area contributed by atoms with Crippen LogP contribution in [0.3, 0.4) is 0 Å². The van der Waals surface area contributed by atoms with Gasteiger partial charge in [0.05, 0.1) is 0 Å². The van der Waals surface area contributed by atoms with Gasteiger partial charge >= 0.3 is 0 Å². The Labute approximate surface area is 93.2 Å². The van der Waals surface area contributed by atoms with Crippen molar-refractivity contribution in [2.45, 2.75) is 33.7 Å². The van der Waals surface area contributed by atoms with Gasteiger partial charge in [-0.25, -0.2) is 0 Å². The molecule has 0 saturated heterocycles. The third-order valence-corrected chi connectivity index (χ3v) is 2.35. The minimum Gasteiger partial charge on any atom is -0.311 e. The monoisotopic (exact) mass is 203 g/mol. The average molecular weight is 203 g/mol. The lowest BCUT2D eigenvalue weighted by molar-refractivity contribution is 0.663. The third kappa shape index (κ3) is 4.30. The molecule has 0 saturated carbocycles. The van der Waals surface area contributed by atoms with Crippen molar-refractivity contribution >= 4 is 6.08 Å². The van der Waals surface area contributed by atoms with E-state index in [0.717, 1.165) is 6.54 Å². The molecule has 0 bridgehead atoms. The SMILES string of the molecule is CCNC(C)/C=C/c1cc(C)cc(C)c1. The normalized spacial score (nSPS) is 13.3. The third-order valence-electron chi connectivity index (χ3n) is 2.35. The number of likely N-dealkylation sites (N-methyl/N-ethyl adjacent to an activating group) is 1. The second-order valence-electron chi connectivity index (χ2n) is 4.13. The van der Waals surface area contributed by atoms with Gasteiger partial charge in [-0.05, 0) is 32.9 Å². The molecular weight excluding hydrogens is 182 g/mol. The van der Waals surface area contributed by atoms with Gasteiger partial charge in [0.15, 0.2) is 0 Å². The Morgan fingerprint density at radius 1 is 1.20 bits per heavy atom. The van der Waals surface area contributed by atoms with E-state index in [0.29, 0.717) is 6.04 Å². The highest BCUT2D eigenvalue weighted by atomic mass is 14.9. The Morgan fingerprint density at radius 3 is 2.33 bits per heavy atom. The minimum absolute atomic E-state index is 0.441. The number of nitrogens with one attached hydrogen (secondary N) is 1. The molecule has 1 aromatic carbocycles. The van der Waals surface area contributed by atoms with Gasteiger partial charge in [-0.2, -0.15) is 0 Å². The highest BCUT2D eigenvalue weighted by Crippen LogP contribution is 2.10. The lowest BCUT2D eigenvalue weighted by Crippen LogP contribution is -2.22. The van der Waals surface area contributed by atoms with E-state index in [1.165, 1.54) is 16.7 Å². The highest BCUT2D eigenvalue weighted by molar-refractivity contribution is 5.52. The minimum atomic E-state index is 0.441. The molecule has 0 aliphatic heterocycles. The van der Waals surface area contributed by atoms with E-state index in [4.69, 9.17) is 0 Å². The van der Waals surface area contributed by atoms with Crippen LogP contribution in [-0.4, -0.2) is 12.6 Å². The smallest absolute Gasteiger partial charge is 0.0224 e. The molecule has 1 atom stereocenters. The molecule has 1 N–H and O–H groups in total. The molecule has 1 unspecified atom stereocenters. The number of aryl methyl sites for hydroxylation is 2. The maximum atomic E-state index is 3.36. The van der Waals surface area contributed by atoms with Gasteiger partial charge in [-0.15, -0.1) is 0 Å². The highest BCUT2D eigenvalue weighted by Gasteiger charge is 1.94. The van der Waals surface area contributed by atoms with Crippen LogP contribution in [-0.2, 0) is 0 Å². The molecule has 0 spiro atoms. The maximum absolute atomic E-state index is 3.36. The lowest BCUT2D eigenvalue weighted by atomic mass is 10.1. The molecule has 0 radical (unpaired) electrons. The van der Waals surface area contributed by atoms with Gasteiger partial charge in [0.25, 0.3) is 0 Å². The molecular formula is C14H21N. The fourth-order valence-electron chi connectivity index (χ4n) is 1.75. The van der Waals surface area contributed by atoms with Gasteiger partial charge < -0.3 is 5.32 Å². The summed E-state index contributed by atoms with van der Waals surface area (Å²) in [5.41, 5.74) is 3.94. The topological polar surface area (TPSA) is 12.0 Å². The fourth-order valence-corrected chi connectivity index (χ4v) is 1.75. The van der Waals surface area contributed by atoms with Crippen LogP contribution >= 0.6 is 0 Å². The van der Waals surface area contributed by atoms with E-state index in [9.17, 15) is 0 Å². The van der Waals surface area contributed by atoms with Crippen LogP contribution in [0.15, 0.2) is 24.3 Å². The van der Waals surface area contributed by atoms with Gasteiger partial charge in [0.2, 0.25) is 0 Å². The van der Waals surface area contributed by atoms with Crippen molar-refractivity contribution in [1.29, 1.82) is 0 Å². The molecule has 1 heteroatoms. The molecule has 0 aliphatic carbocycles. The summed E-state index contributed by atoms with van der Waals surface area (Å²) in [6.07, 6.45) is 4.39. The Bertz CT molecular complexity index is 319. The number of hydrogen-bond donors (Lipinski definition) is 1. The van der Waals surface area contributed by atoms with E-state index < -0.39 is 0 Å². The van der Waals surface area contributed by atoms with Crippen LogP contribution < -0.4 is 5.32 Å². The number of benzene rings is 1. The van der Waals surface area contributed by atoms with E-state index in [1.807, 2.05) is 0 Å². The molecule has 0 aliphatic rings. The van der Waals surface area contributed by atoms with Crippen molar-refractivity contribution in [3.05, 3.63) is 41.0 Å². The summed E-state index contributed by atoms with van der Waals surface area (Å²) in [4.78, 5) is 0. The van der Waals surface area contributed by atoms with Crippen molar-refractivity contribution in [1.82, 2.24) is 5.32 Å². The molecule has 1 rings (SSSR count). The Morgan fingerprint density at radius 2 is 1.80 bits per heavy atom. The van der Waals surface area contributed by atoms with E-state index in [2.05, 4.69) is 63.4 Å². The zero-order valence-electron chi connectivity index (χ0n) is 10.2. The second kappa shape index (κ2) is 5.72. The van der Waals surface area contributed by atoms with Gasteiger partial charge in [0.1, 0.15) is 0 Å². The molecule has 15 heavy (non-hydrogen) atoms. The summed E-state index contributed by atoms with van der Waals surface area (Å²) < 4.78 is 0. The average Bonchev–Trinajstić information content (AvgIpc) is 2.14. The fraction of sp³-hybridized carbons (Fsp3) is 0.429. The van der Waals surface area contributed by atoms with Crippen LogP contribution in [0, 0.1) is 13.8 Å². The summed E-state index contributed by atoms with van der Waals surface area (Å²) in [6.45, 7) is 9.58. The van der Waals surface area contributed by atoms with Gasteiger partial charge in [-0.3, -0.25) is 0 Å². The van der Waals surface area contributed by atoms with Crippen molar-refractivity contribution < 1.29 is 0 Å². The summed E-state index contributed by atoms with van der Waals surface area (Å²) in [6, 6.07) is 7.06. The first-order valence-electron chi connectivity index (χ1n) is 5.61. The molecule has 82 valence electrons. The molecule has 0 fully saturated rings. The molecule has 1 nitrogen and oxygen atoms in total. The van der Waals surface area contributed by atoms with E-state index in [-0.39, 0.29) is 0 Å². The molecule has 0 amide bonds. The summed E-state index contributed by atoms with van der Waals surface area (Å²) in [5.74, 6) is 0. The predicted molar refractivity (Wildman–Crippen MR) is 68.1 cm³/mol. The molecule has 0 heterocycles. The van der Waals surface area contributed by atoms with Crippen molar-refractivity contribution in [3.8, 4) is 0 Å². The summed E-state index contributed by atoms with van der Waals surface area (Å²) >= 11 is 0. The first kappa shape index (κ1) is 12.0.